The molecule has 0 saturated heterocycles. The van der Waals surface area contributed by atoms with Gasteiger partial charge in [0, 0.05) is 24.7 Å². The molecular weight excluding hydrogens is 294 g/mol. The third kappa shape index (κ3) is 2.46. The molecule has 0 aromatic heterocycles. The van der Waals surface area contributed by atoms with Crippen LogP contribution in [0.1, 0.15) is 29.6 Å². The molecular formula is C13H15N3O4S. The number of sulfonamides is 1. The van der Waals surface area contributed by atoms with E-state index >= 15 is 0 Å². The predicted octanol–water partition coefficient (Wildman–Crippen LogP) is 0.0820. The molecule has 8 heteroatoms. The molecule has 0 spiro atoms. The molecule has 2 aliphatic rings. The molecule has 1 aliphatic heterocycles. The van der Waals surface area contributed by atoms with Crippen molar-refractivity contribution in [2.24, 2.45) is 0 Å². The third-order valence-electron chi connectivity index (χ3n) is 3.52. The van der Waals surface area contributed by atoms with Gasteiger partial charge in [0.2, 0.25) is 5.91 Å². The summed E-state index contributed by atoms with van der Waals surface area (Å²) in [5.41, 5.74) is 5.95. The molecule has 3 N–H and O–H groups in total. The van der Waals surface area contributed by atoms with Crippen LogP contribution < -0.4 is 11.1 Å². The van der Waals surface area contributed by atoms with Crippen LogP contribution in [0.15, 0.2) is 23.1 Å². The van der Waals surface area contributed by atoms with Gasteiger partial charge in [0.05, 0.1) is 5.56 Å². The maximum absolute atomic E-state index is 12.3. The van der Waals surface area contributed by atoms with Crippen molar-refractivity contribution in [1.29, 1.82) is 0 Å². The van der Waals surface area contributed by atoms with Crippen molar-refractivity contribution in [3.05, 3.63) is 23.8 Å². The minimum atomic E-state index is -3.90. The van der Waals surface area contributed by atoms with Gasteiger partial charge in [-0.05, 0) is 31.0 Å². The molecule has 0 bridgehead atoms. The molecule has 3 rings (SSSR count). The van der Waals surface area contributed by atoms with Gasteiger partial charge in [0.25, 0.3) is 15.9 Å². The number of carbonyl (C=O) groups is 2. The van der Waals surface area contributed by atoms with Crippen LogP contribution in [-0.2, 0) is 14.8 Å². The summed E-state index contributed by atoms with van der Waals surface area (Å²) in [5, 5.41) is 2.76. The molecule has 2 amide bonds. The first-order chi connectivity index (χ1) is 9.89. The molecule has 1 aliphatic carbocycles. The number of rotatable bonds is 4. The Morgan fingerprint density at radius 2 is 2.10 bits per heavy atom. The van der Waals surface area contributed by atoms with Crippen LogP contribution in [0.4, 0.5) is 5.69 Å². The van der Waals surface area contributed by atoms with Crippen LogP contribution in [0.25, 0.3) is 0 Å². The zero-order valence-electron chi connectivity index (χ0n) is 11.2. The average Bonchev–Trinajstić information content (AvgIpc) is 3.19. The van der Waals surface area contributed by atoms with Crippen molar-refractivity contribution in [3.8, 4) is 0 Å². The summed E-state index contributed by atoms with van der Waals surface area (Å²) in [7, 11) is -3.90. The predicted molar refractivity (Wildman–Crippen MR) is 74.9 cm³/mol. The van der Waals surface area contributed by atoms with E-state index in [0.717, 1.165) is 17.1 Å². The van der Waals surface area contributed by atoms with Gasteiger partial charge >= 0.3 is 0 Å². The van der Waals surface area contributed by atoms with Crippen molar-refractivity contribution < 1.29 is 18.0 Å². The first kappa shape index (κ1) is 13.9. The van der Waals surface area contributed by atoms with Gasteiger partial charge in [-0.3, -0.25) is 9.59 Å². The number of hydrogen-bond acceptors (Lipinski definition) is 5. The van der Waals surface area contributed by atoms with Crippen molar-refractivity contribution in [3.63, 3.8) is 0 Å². The maximum Gasteiger partial charge on any atom is 0.269 e. The lowest BCUT2D eigenvalue weighted by Gasteiger charge is -2.14. The highest BCUT2D eigenvalue weighted by atomic mass is 32.2. The molecule has 1 fully saturated rings. The first-order valence-electron chi connectivity index (χ1n) is 6.65. The molecule has 1 aromatic rings. The summed E-state index contributed by atoms with van der Waals surface area (Å²) in [6.07, 6.45) is 1.87. The SMILES string of the molecule is Nc1ccc2c(c1)S(=O)(=O)N(CCC(=O)NC1CC1)C2=O. The number of carbonyl (C=O) groups excluding carboxylic acids is 2. The van der Waals surface area contributed by atoms with Crippen LogP contribution >= 0.6 is 0 Å². The van der Waals surface area contributed by atoms with E-state index in [1.807, 2.05) is 0 Å². The maximum atomic E-state index is 12.3. The van der Waals surface area contributed by atoms with Crippen molar-refractivity contribution >= 4 is 27.5 Å². The van der Waals surface area contributed by atoms with E-state index in [4.69, 9.17) is 5.73 Å². The van der Waals surface area contributed by atoms with Crippen molar-refractivity contribution in [2.75, 3.05) is 12.3 Å². The van der Waals surface area contributed by atoms with Crippen molar-refractivity contribution in [1.82, 2.24) is 9.62 Å². The third-order valence-corrected chi connectivity index (χ3v) is 5.34. The number of nitrogen functional groups attached to an aromatic ring is 1. The van der Waals surface area contributed by atoms with Crippen LogP contribution in [0.3, 0.4) is 0 Å². The number of nitrogens with zero attached hydrogens (tertiary/aromatic N) is 1. The molecule has 1 heterocycles. The van der Waals surface area contributed by atoms with Gasteiger partial charge < -0.3 is 11.1 Å². The first-order valence-corrected chi connectivity index (χ1v) is 8.09. The van der Waals surface area contributed by atoms with Crippen LogP contribution in [0.2, 0.25) is 0 Å². The lowest BCUT2D eigenvalue weighted by molar-refractivity contribution is -0.121. The van der Waals surface area contributed by atoms with Crippen LogP contribution in [0.5, 0.6) is 0 Å². The summed E-state index contributed by atoms with van der Waals surface area (Å²) in [5.74, 6) is -0.847. The second-order valence-corrected chi connectivity index (χ2v) is 7.06. The van der Waals surface area contributed by atoms with Gasteiger partial charge in [-0.2, -0.15) is 0 Å². The topological polar surface area (TPSA) is 110 Å². The van der Waals surface area contributed by atoms with E-state index in [-0.39, 0.29) is 41.1 Å². The number of hydrogen-bond donors (Lipinski definition) is 2. The van der Waals surface area contributed by atoms with Crippen LogP contribution in [0, 0.1) is 0 Å². The van der Waals surface area contributed by atoms with Gasteiger partial charge in [0.1, 0.15) is 4.90 Å². The summed E-state index contributed by atoms with van der Waals surface area (Å²) in [4.78, 5) is 23.7. The summed E-state index contributed by atoms with van der Waals surface area (Å²) in [6.45, 7) is -0.158. The highest BCUT2D eigenvalue weighted by Gasteiger charge is 2.41. The number of benzene rings is 1. The van der Waals surface area contributed by atoms with Gasteiger partial charge in [0.15, 0.2) is 0 Å². The van der Waals surface area contributed by atoms with Gasteiger partial charge in [-0.25, -0.2) is 12.7 Å². The second-order valence-electron chi connectivity index (χ2n) is 5.23. The molecule has 0 atom stereocenters. The molecule has 21 heavy (non-hydrogen) atoms. The monoisotopic (exact) mass is 309 g/mol. The van der Waals surface area contributed by atoms with E-state index < -0.39 is 15.9 Å². The molecule has 1 saturated carbocycles. The number of amides is 2. The summed E-state index contributed by atoms with van der Waals surface area (Å²) >= 11 is 0. The van der Waals surface area contributed by atoms with Gasteiger partial charge in [-0.1, -0.05) is 0 Å². The Morgan fingerprint density at radius 1 is 1.38 bits per heavy atom. The summed E-state index contributed by atoms with van der Waals surface area (Å²) < 4.78 is 25.4. The van der Waals surface area contributed by atoms with Crippen LogP contribution in [-0.4, -0.2) is 37.1 Å². The standard InChI is InChI=1S/C13H15N3O4S/c14-8-1-4-10-11(7-8)21(19,20)16(13(10)18)6-5-12(17)15-9-2-3-9/h1,4,7,9H,2-3,5-6,14H2,(H,15,17). The largest absolute Gasteiger partial charge is 0.399 e. The summed E-state index contributed by atoms with van der Waals surface area (Å²) in [6, 6.07) is 4.36. The lowest BCUT2D eigenvalue weighted by Crippen LogP contribution is -2.35. The molecule has 112 valence electrons. The number of fused-ring (bicyclic) bond motifs is 1. The minimum Gasteiger partial charge on any atom is -0.399 e. The van der Waals surface area contributed by atoms with Crippen molar-refractivity contribution in [2.45, 2.75) is 30.2 Å². The lowest BCUT2D eigenvalue weighted by atomic mass is 10.2. The average molecular weight is 309 g/mol. The molecule has 0 radical (unpaired) electrons. The number of anilines is 1. The highest BCUT2D eigenvalue weighted by Crippen LogP contribution is 2.31. The highest BCUT2D eigenvalue weighted by molar-refractivity contribution is 7.90. The Labute approximate surface area is 122 Å². The Kier molecular flexibility index (Phi) is 3.12. The van der Waals surface area contributed by atoms with E-state index in [2.05, 4.69) is 5.32 Å². The van der Waals surface area contributed by atoms with E-state index in [1.54, 1.807) is 0 Å². The fourth-order valence-electron chi connectivity index (χ4n) is 2.24. The second kappa shape index (κ2) is 4.73. The van der Waals surface area contributed by atoms with E-state index in [9.17, 15) is 18.0 Å². The zero-order chi connectivity index (χ0) is 15.2. The zero-order valence-corrected chi connectivity index (χ0v) is 12.0. The fraction of sp³-hybridized carbons (Fsp3) is 0.385. The smallest absolute Gasteiger partial charge is 0.269 e. The Balaban J connectivity index is 1.77. The molecule has 0 unspecified atom stereocenters. The number of nitrogens with two attached hydrogens (primary N) is 1. The van der Waals surface area contributed by atoms with E-state index in [0.29, 0.717) is 0 Å². The Bertz CT molecular complexity index is 725. The minimum absolute atomic E-state index is 0.0368. The van der Waals surface area contributed by atoms with E-state index in [1.165, 1.54) is 18.2 Å². The molecule has 7 nitrogen and oxygen atoms in total. The molecule has 1 aromatic carbocycles. The number of nitrogens with one attached hydrogen (secondary N) is 1. The Morgan fingerprint density at radius 3 is 2.76 bits per heavy atom. The Hall–Kier alpha value is -2.09. The normalized spacial score (nSPS) is 19.4. The van der Waals surface area contributed by atoms with Gasteiger partial charge in [-0.15, -0.1) is 0 Å². The fourth-order valence-corrected chi connectivity index (χ4v) is 3.85. The quantitative estimate of drug-likeness (QED) is 0.766.